The first-order valence-electron chi connectivity index (χ1n) is 8.98. The highest BCUT2D eigenvalue weighted by molar-refractivity contribution is 5.70. The maximum Gasteiger partial charge on any atom is 0.213 e. The Kier molecular flexibility index (Phi) is 4.76. The largest absolute Gasteiger partial charge is 0.213 e. The maximum atomic E-state index is 2.34. The molecule has 0 aliphatic rings. The summed E-state index contributed by atoms with van der Waals surface area (Å²) in [5.74, 6) is 0. The normalized spacial score (nSPS) is 11.6. The molecule has 0 spiro atoms. The zero-order valence-electron chi connectivity index (χ0n) is 16.0. The van der Waals surface area contributed by atoms with Crippen molar-refractivity contribution in [2.24, 2.45) is 12.5 Å². The van der Waals surface area contributed by atoms with Gasteiger partial charge in [-0.05, 0) is 47.1 Å². The third-order valence-electron chi connectivity index (χ3n) is 4.57. The van der Waals surface area contributed by atoms with Gasteiger partial charge in [0.1, 0.15) is 7.05 Å². The first-order valence-corrected chi connectivity index (χ1v) is 8.98. The number of pyridine rings is 1. The monoisotopic (exact) mass is 330 g/mol. The van der Waals surface area contributed by atoms with Crippen LogP contribution in [0.5, 0.6) is 0 Å². The number of benzene rings is 2. The molecule has 0 aliphatic carbocycles. The third-order valence-corrected chi connectivity index (χ3v) is 4.57. The fourth-order valence-corrected chi connectivity index (χ4v) is 3.35. The van der Waals surface area contributed by atoms with Crippen LogP contribution in [0.2, 0.25) is 0 Å². The summed E-state index contributed by atoms with van der Waals surface area (Å²) in [6.07, 6.45) is 3.25. The Morgan fingerprint density at radius 2 is 1.56 bits per heavy atom. The highest BCUT2D eigenvalue weighted by Gasteiger charge is 2.15. The van der Waals surface area contributed by atoms with Gasteiger partial charge in [-0.25, -0.2) is 4.57 Å². The molecule has 0 unspecified atom stereocenters. The van der Waals surface area contributed by atoms with Gasteiger partial charge in [0.25, 0.3) is 0 Å². The van der Waals surface area contributed by atoms with E-state index in [0.29, 0.717) is 5.41 Å². The molecule has 128 valence electrons. The number of rotatable bonds is 3. The molecule has 0 amide bonds. The summed E-state index contributed by atoms with van der Waals surface area (Å²) in [4.78, 5) is 0. The zero-order valence-corrected chi connectivity index (χ0v) is 16.0. The smallest absolute Gasteiger partial charge is 0.201 e. The molecule has 1 heterocycles. The summed E-state index contributed by atoms with van der Waals surface area (Å²) < 4.78 is 2.20. The van der Waals surface area contributed by atoms with Gasteiger partial charge >= 0.3 is 0 Å². The summed E-state index contributed by atoms with van der Waals surface area (Å²) in [6, 6.07) is 22.0. The van der Waals surface area contributed by atoms with Crippen LogP contribution in [-0.2, 0) is 13.5 Å². The molecule has 0 radical (unpaired) electrons. The van der Waals surface area contributed by atoms with Gasteiger partial charge < -0.3 is 0 Å². The maximum absolute atomic E-state index is 2.34. The molecule has 0 saturated carbocycles. The minimum Gasteiger partial charge on any atom is -0.201 e. The van der Waals surface area contributed by atoms with Crippen LogP contribution in [-0.4, -0.2) is 0 Å². The molecule has 0 atom stereocenters. The van der Waals surface area contributed by atoms with E-state index in [1.165, 1.54) is 33.5 Å². The van der Waals surface area contributed by atoms with Crippen molar-refractivity contribution in [3.05, 3.63) is 78.0 Å². The Morgan fingerprint density at radius 3 is 2.28 bits per heavy atom. The van der Waals surface area contributed by atoms with Gasteiger partial charge in [0.2, 0.25) is 5.69 Å². The van der Waals surface area contributed by atoms with Crippen molar-refractivity contribution < 1.29 is 4.57 Å². The Labute approximate surface area is 152 Å². The summed E-state index contributed by atoms with van der Waals surface area (Å²) in [5, 5.41) is 0. The predicted octanol–water partition coefficient (Wildman–Crippen LogP) is 5.74. The van der Waals surface area contributed by atoms with Crippen molar-refractivity contribution >= 4 is 0 Å². The fourth-order valence-electron chi connectivity index (χ4n) is 3.35. The highest BCUT2D eigenvalue weighted by atomic mass is 14.9. The average Bonchev–Trinajstić information content (AvgIpc) is 2.55. The molecule has 1 heteroatoms. The van der Waals surface area contributed by atoms with E-state index in [2.05, 4.69) is 106 Å². The van der Waals surface area contributed by atoms with Crippen molar-refractivity contribution in [2.75, 3.05) is 0 Å². The molecule has 1 nitrogen and oxygen atoms in total. The minimum absolute atomic E-state index is 0.300. The lowest BCUT2D eigenvalue weighted by Gasteiger charge is -2.18. The molecule has 1 aromatic heterocycles. The van der Waals surface area contributed by atoms with E-state index in [-0.39, 0.29) is 0 Å². The van der Waals surface area contributed by atoms with Crippen molar-refractivity contribution in [1.82, 2.24) is 0 Å². The van der Waals surface area contributed by atoms with E-state index in [1.807, 2.05) is 0 Å². The Bertz CT molecular complexity index is 885. The molecular weight excluding hydrogens is 302 g/mol. The lowest BCUT2D eigenvalue weighted by Crippen LogP contribution is -2.30. The summed E-state index contributed by atoms with van der Waals surface area (Å²) >= 11 is 0. The van der Waals surface area contributed by atoms with E-state index in [9.17, 15) is 0 Å². The second-order valence-corrected chi connectivity index (χ2v) is 8.16. The standard InChI is InChI=1S/C24H28N/c1-18-9-6-7-12-22(18)23-16-21(13-14-25(23)5)20-11-8-10-19(15-20)17-24(2,3)4/h6-16H,17H2,1-5H3/q+1. The van der Waals surface area contributed by atoms with Gasteiger partial charge in [0.15, 0.2) is 6.20 Å². The molecule has 0 N–H and O–H groups in total. The second-order valence-electron chi connectivity index (χ2n) is 8.16. The molecule has 25 heavy (non-hydrogen) atoms. The topological polar surface area (TPSA) is 3.88 Å². The SMILES string of the molecule is Cc1ccccc1-c1cc(-c2cccc(CC(C)(C)C)c2)cc[n+]1C. The van der Waals surface area contributed by atoms with Gasteiger partial charge in [-0.1, -0.05) is 63.2 Å². The van der Waals surface area contributed by atoms with Gasteiger partial charge in [-0.3, -0.25) is 0 Å². The van der Waals surface area contributed by atoms with Crippen LogP contribution in [0.1, 0.15) is 31.9 Å². The zero-order chi connectivity index (χ0) is 18.0. The first-order chi connectivity index (χ1) is 11.8. The number of hydrogen-bond donors (Lipinski definition) is 0. The van der Waals surface area contributed by atoms with E-state index in [4.69, 9.17) is 0 Å². The molecule has 0 saturated heterocycles. The van der Waals surface area contributed by atoms with Crippen LogP contribution < -0.4 is 4.57 Å². The highest BCUT2D eigenvalue weighted by Crippen LogP contribution is 2.28. The predicted molar refractivity (Wildman–Crippen MR) is 106 cm³/mol. The quantitative estimate of drug-likeness (QED) is 0.539. The van der Waals surface area contributed by atoms with E-state index < -0.39 is 0 Å². The Hall–Kier alpha value is -2.41. The molecule has 0 bridgehead atoms. The van der Waals surface area contributed by atoms with Crippen molar-refractivity contribution in [3.8, 4) is 22.4 Å². The fraction of sp³-hybridized carbons (Fsp3) is 0.292. The number of nitrogens with zero attached hydrogens (tertiary/aromatic N) is 1. The van der Waals surface area contributed by atoms with Crippen molar-refractivity contribution in [2.45, 2.75) is 34.1 Å². The van der Waals surface area contributed by atoms with Crippen LogP contribution in [0.15, 0.2) is 66.9 Å². The van der Waals surface area contributed by atoms with Gasteiger partial charge in [0.05, 0.1) is 0 Å². The summed E-state index contributed by atoms with van der Waals surface area (Å²) in [6.45, 7) is 9.04. The van der Waals surface area contributed by atoms with Crippen LogP contribution in [0, 0.1) is 12.3 Å². The molecular formula is C24H28N+. The summed E-state index contributed by atoms with van der Waals surface area (Å²) in [7, 11) is 2.11. The van der Waals surface area contributed by atoms with Gasteiger partial charge in [0, 0.05) is 17.7 Å². The van der Waals surface area contributed by atoms with Crippen LogP contribution in [0.25, 0.3) is 22.4 Å². The molecule has 0 aliphatic heterocycles. The van der Waals surface area contributed by atoms with Crippen LogP contribution >= 0.6 is 0 Å². The van der Waals surface area contributed by atoms with Crippen LogP contribution in [0.4, 0.5) is 0 Å². The Morgan fingerprint density at radius 1 is 0.840 bits per heavy atom. The number of aryl methyl sites for hydroxylation is 2. The molecule has 0 fully saturated rings. The lowest BCUT2D eigenvalue weighted by molar-refractivity contribution is -0.660. The van der Waals surface area contributed by atoms with Crippen LogP contribution in [0.3, 0.4) is 0 Å². The Balaban J connectivity index is 2.04. The van der Waals surface area contributed by atoms with E-state index >= 15 is 0 Å². The molecule has 3 rings (SSSR count). The van der Waals surface area contributed by atoms with Gasteiger partial charge in [-0.15, -0.1) is 0 Å². The second kappa shape index (κ2) is 6.84. The number of aromatic nitrogens is 1. The molecule has 2 aromatic carbocycles. The van der Waals surface area contributed by atoms with Crippen molar-refractivity contribution in [1.29, 1.82) is 0 Å². The number of hydrogen-bond acceptors (Lipinski definition) is 0. The first kappa shape index (κ1) is 17.4. The third kappa shape index (κ3) is 4.17. The molecule has 3 aromatic rings. The van der Waals surface area contributed by atoms with Crippen molar-refractivity contribution in [3.63, 3.8) is 0 Å². The summed E-state index contributed by atoms with van der Waals surface area (Å²) in [5.41, 5.74) is 8.10. The average molecular weight is 330 g/mol. The van der Waals surface area contributed by atoms with Gasteiger partial charge in [-0.2, -0.15) is 0 Å². The lowest BCUT2D eigenvalue weighted by atomic mass is 9.87. The van der Waals surface area contributed by atoms with E-state index in [0.717, 1.165) is 6.42 Å². The minimum atomic E-state index is 0.300. The van der Waals surface area contributed by atoms with E-state index in [1.54, 1.807) is 0 Å².